The summed E-state index contributed by atoms with van der Waals surface area (Å²) < 4.78 is 22.5. The predicted octanol–water partition coefficient (Wildman–Crippen LogP) is 1.03. The minimum Gasteiger partial charge on any atom is -0.344 e. The van der Waals surface area contributed by atoms with Crippen LogP contribution in [0.15, 0.2) is 24.5 Å². The van der Waals surface area contributed by atoms with Gasteiger partial charge in [-0.25, -0.2) is 0 Å². The van der Waals surface area contributed by atoms with Crippen molar-refractivity contribution in [2.24, 2.45) is 0 Å². The standard InChI is InChI=1S/C8H13NO5P2/c1-15(10,11)8(16(12,13)14)5-7-3-2-4-9-6-7/h2-4,6,8H,5H2,1H3,(H,10,11)(H2,12,13,14). The molecule has 0 fully saturated rings. The Hall–Kier alpha value is -0.510. The Labute approximate surface area is 93.0 Å². The summed E-state index contributed by atoms with van der Waals surface area (Å²) in [6.07, 6.45) is 2.77. The minimum atomic E-state index is -4.60. The van der Waals surface area contributed by atoms with Gasteiger partial charge in [0.25, 0.3) is 0 Å². The maximum atomic E-state index is 11.4. The fourth-order valence-electron chi connectivity index (χ4n) is 1.30. The largest absolute Gasteiger partial charge is 0.344 e. The molecule has 0 amide bonds. The van der Waals surface area contributed by atoms with Gasteiger partial charge in [-0.1, -0.05) is 6.07 Å². The van der Waals surface area contributed by atoms with Crippen molar-refractivity contribution in [1.82, 2.24) is 4.98 Å². The quantitative estimate of drug-likeness (QED) is 0.701. The zero-order valence-corrected chi connectivity index (χ0v) is 10.4. The number of nitrogens with zero attached hydrogens (tertiary/aromatic N) is 1. The molecule has 0 aliphatic rings. The van der Waals surface area contributed by atoms with E-state index in [9.17, 15) is 14.0 Å². The van der Waals surface area contributed by atoms with E-state index in [2.05, 4.69) is 4.98 Å². The van der Waals surface area contributed by atoms with Crippen molar-refractivity contribution >= 4 is 15.0 Å². The van der Waals surface area contributed by atoms with E-state index < -0.39 is 20.4 Å². The highest BCUT2D eigenvalue weighted by Crippen LogP contribution is 2.61. The van der Waals surface area contributed by atoms with Crippen LogP contribution in [-0.4, -0.2) is 31.7 Å². The third kappa shape index (κ3) is 3.81. The first kappa shape index (κ1) is 13.6. The van der Waals surface area contributed by atoms with Crippen molar-refractivity contribution in [3.8, 4) is 0 Å². The molecule has 90 valence electrons. The van der Waals surface area contributed by atoms with Gasteiger partial charge in [-0.15, -0.1) is 0 Å². The molecular formula is C8H13NO5P2. The van der Waals surface area contributed by atoms with Crippen LogP contribution in [0.1, 0.15) is 5.56 Å². The Morgan fingerprint density at radius 1 is 1.38 bits per heavy atom. The van der Waals surface area contributed by atoms with Gasteiger partial charge in [0.15, 0.2) is 0 Å². The Bertz CT molecular complexity index is 415. The van der Waals surface area contributed by atoms with Gasteiger partial charge in [0, 0.05) is 19.1 Å². The Morgan fingerprint density at radius 2 is 2.00 bits per heavy atom. The van der Waals surface area contributed by atoms with Crippen LogP contribution in [0, 0.1) is 0 Å². The van der Waals surface area contributed by atoms with E-state index in [4.69, 9.17) is 9.79 Å². The summed E-state index contributed by atoms with van der Waals surface area (Å²) in [6.45, 7) is 0.952. The predicted molar refractivity (Wildman–Crippen MR) is 59.5 cm³/mol. The Morgan fingerprint density at radius 3 is 2.38 bits per heavy atom. The topological polar surface area (TPSA) is 108 Å². The molecule has 0 aliphatic carbocycles. The molecule has 3 N–H and O–H groups in total. The van der Waals surface area contributed by atoms with E-state index in [-0.39, 0.29) is 6.42 Å². The minimum absolute atomic E-state index is 0.164. The van der Waals surface area contributed by atoms with Gasteiger partial charge in [0.1, 0.15) is 5.40 Å². The molecule has 2 unspecified atom stereocenters. The molecule has 0 aliphatic heterocycles. The van der Waals surface area contributed by atoms with E-state index in [1.165, 1.54) is 12.4 Å². The lowest BCUT2D eigenvalue weighted by molar-refractivity contribution is 0.363. The Kier molecular flexibility index (Phi) is 4.05. The van der Waals surface area contributed by atoms with E-state index >= 15 is 0 Å². The fraction of sp³-hybridized carbons (Fsp3) is 0.375. The first-order valence-electron chi connectivity index (χ1n) is 4.45. The molecule has 0 bridgehead atoms. The van der Waals surface area contributed by atoms with Crippen LogP contribution >= 0.6 is 15.0 Å². The third-order valence-corrected chi connectivity index (χ3v) is 6.52. The van der Waals surface area contributed by atoms with Gasteiger partial charge in [0.05, 0.1) is 0 Å². The van der Waals surface area contributed by atoms with Crippen LogP contribution in [0.3, 0.4) is 0 Å². The Balaban J connectivity index is 2.99. The van der Waals surface area contributed by atoms with E-state index in [0.29, 0.717) is 5.56 Å². The molecule has 6 nitrogen and oxygen atoms in total. The number of aromatic nitrogens is 1. The summed E-state index contributed by atoms with van der Waals surface area (Å²) in [4.78, 5) is 31.2. The molecule has 0 spiro atoms. The third-order valence-electron chi connectivity index (χ3n) is 2.08. The van der Waals surface area contributed by atoms with E-state index in [1.807, 2.05) is 0 Å². The summed E-state index contributed by atoms with van der Waals surface area (Å²) in [5, 5.41) is -1.57. The van der Waals surface area contributed by atoms with Crippen LogP contribution in [0.4, 0.5) is 0 Å². The van der Waals surface area contributed by atoms with E-state index in [1.54, 1.807) is 12.1 Å². The summed E-state index contributed by atoms with van der Waals surface area (Å²) in [6, 6.07) is 3.20. The first-order chi connectivity index (χ1) is 7.21. The van der Waals surface area contributed by atoms with Crippen molar-refractivity contribution in [2.45, 2.75) is 11.8 Å². The number of hydrogen-bond acceptors (Lipinski definition) is 3. The van der Waals surface area contributed by atoms with Crippen LogP contribution in [0.5, 0.6) is 0 Å². The highest BCUT2D eigenvalue weighted by atomic mass is 31.2. The van der Waals surface area contributed by atoms with Gasteiger partial charge >= 0.3 is 7.60 Å². The van der Waals surface area contributed by atoms with E-state index in [0.717, 1.165) is 6.66 Å². The average Bonchev–Trinajstić information content (AvgIpc) is 2.12. The van der Waals surface area contributed by atoms with Crippen molar-refractivity contribution in [3.05, 3.63) is 30.1 Å². The SMILES string of the molecule is CP(=O)(O)C(Cc1cccnc1)P(=O)(O)O. The molecule has 0 saturated heterocycles. The second-order valence-corrected chi connectivity index (χ2v) is 8.30. The van der Waals surface area contributed by atoms with Gasteiger partial charge in [-0.05, 0) is 18.1 Å². The average molecular weight is 265 g/mol. The summed E-state index contributed by atoms with van der Waals surface area (Å²) in [7, 11) is -8.46. The first-order valence-corrected chi connectivity index (χ1v) is 8.31. The molecule has 1 aromatic heterocycles. The molecule has 1 heterocycles. The summed E-state index contributed by atoms with van der Waals surface area (Å²) in [5.41, 5.74) is 0.520. The number of rotatable bonds is 4. The second-order valence-electron chi connectivity index (χ2n) is 3.58. The van der Waals surface area contributed by atoms with Crippen LogP contribution < -0.4 is 0 Å². The zero-order valence-electron chi connectivity index (χ0n) is 8.59. The second kappa shape index (κ2) is 4.78. The lowest BCUT2D eigenvalue weighted by atomic mass is 10.2. The summed E-state index contributed by atoms with van der Waals surface area (Å²) in [5.74, 6) is 0. The van der Waals surface area contributed by atoms with Crippen LogP contribution in [0.2, 0.25) is 0 Å². The normalized spacial score (nSPS) is 17.8. The molecule has 8 heteroatoms. The zero-order chi connectivity index (χ0) is 12.4. The maximum Gasteiger partial charge on any atom is 0.338 e. The molecular weight excluding hydrogens is 252 g/mol. The highest BCUT2D eigenvalue weighted by Gasteiger charge is 2.40. The lowest BCUT2D eigenvalue weighted by Gasteiger charge is -2.20. The number of hydrogen-bond donors (Lipinski definition) is 3. The van der Waals surface area contributed by atoms with Gasteiger partial charge in [-0.2, -0.15) is 0 Å². The molecule has 0 radical (unpaired) electrons. The van der Waals surface area contributed by atoms with Gasteiger partial charge < -0.3 is 14.7 Å². The molecule has 16 heavy (non-hydrogen) atoms. The van der Waals surface area contributed by atoms with Gasteiger partial charge in [-0.3, -0.25) is 14.1 Å². The fourth-order valence-corrected chi connectivity index (χ4v) is 4.53. The maximum absolute atomic E-state index is 11.4. The molecule has 2 atom stereocenters. The molecule has 0 saturated carbocycles. The monoisotopic (exact) mass is 265 g/mol. The molecule has 1 rings (SSSR count). The highest BCUT2D eigenvalue weighted by molar-refractivity contribution is 7.73. The van der Waals surface area contributed by atoms with Crippen molar-refractivity contribution in [2.75, 3.05) is 6.66 Å². The van der Waals surface area contributed by atoms with Crippen LogP contribution in [-0.2, 0) is 15.6 Å². The van der Waals surface area contributed by atoms with Crippen LogP contribution in [0.25, 0.3) is 0 Å². The number of pyridine rings is 1. The lowest BCUT2D eigenvalue weighted by Crippen LogP contribution is -2.12. The molecule has 1 aromatic rings. The van der Waals surface area contributed by atoms with Crippen molar-refractivity contribution in [3.63, 3.8) is 0 Å². The smallest absolute Gasteiger partial charge is 0.338 e. The molecule has 0 aromatic carbocycles. The van der Waals surface area contributed by atoms with Gasteiger partial charge in [0.2, 0.25) is 7.37 Å². The summed E-state index contributed by atoms with van der Waals surface area (Å²) >= 11 is 0. The van der Waals surface area contributed by atoms with Crippen molar-refractivity contribution < 1.29 is 23.8 Å². The van der Waals surface area contributed by atoms with Crippen molar-refractivity contribution in [1.29, 1.82) is 0 Å².